The lowest BCUT2D eigenvalue weighted by Gasteiger charge is -2.39. The molecule has 0 amide bonds. The molecule has 0 radical (unpaired) electrons. The first kappa shape index (κ1) is 13.1. The summed E-state index contributed by atoms with van der Waals surface area (Å²) in [6.07, 6.45) is 0. The predicted octanol–water partition coefficient (Wildman–Crippen LogP) is 2.21. The van der Waals surface area contributed by atoms with Crippen molar-refractivity contribution < 1.29 is 0 Å². The third-order valence-corrected chi connectivity index (χ3v) is 4.01. The summed E-state index contributed by atoms with van der Waals surface area (Å²) in [7, 11) is 0. The van der Waals surface area contributed by atoms with E-state index < -0.39 is 0 Å². The molecule has 22 heavy (non-hydrogen) atoms. The van der Waals surface area contributed by atoms with Crippen molar-refractivity contribution in [2.24, 2.45) is 5.92 Å². The Hall–Kier alpha value is -2.63. The molecule has 0 bridgehead atoms. The van der Waals surface area contributed by atoms with Crippen LogP contribution in [0.4, 0.5) is 11.8 Å². The molecule has 2 N–H and O–H groups in total. The van der Waals surface area contributed by atoms with E-state index in [-0.39, 0.29) is 0 Å². The molecule has 6 heteroatoms. The number of nitrogens with zero attached hydrogens (tertiary/aromatic N) is 4. The second-order valence-corrected chi connectivity index (χ2v) is 5.79. The number of para-hydroxylation sites is 2. The van der Waals surface area contributed by atoms with E-state index >= 15 is 0 Å². The minimum atomic E-state index is 0.608. The smallest absolute Gasteiger partial charge is 0.201 e. The van der Waals surface area contributed by atoms with Gasteiger partial charge in [0.25, 0.3) is 0 Å². The van der Waals surface area contributed by atoms with Gasteiger partial charge < -0.3 is 15.2 Å². The lowest BCUT2D eigenvalue weighted by atomic mass is 10.0. The first-order valence-electron chi connectivity index (χ1n) is 7.52. The summed E-state index contributed by atoms with van der Waals surface area (Å²) >= 11 is 0. The summed E-state index contributed by atoms with van der Waals surface area (Å²) in [5.74, 6) is 2.41. The molecule has 1 aromatic carbocycles. The van der Waals surface area contributed by atoms with Crippen LogP contribution in [0, 0.1) is 12.8 Å². The number of aromatic amines is 1. The number of fused-ring (bicyclic) bond motifs is 1. The molecule has 1 saturated heterocycles. The normalized spacial score (nSPS) is 15.0. The molecule has 1 aliphatic heterocycles. The van der Waals surface area contributed by atoms with Crippen LogP contribution >= 0.6 is 0 Å². The number of nitrogens with one attached hydrogen (secondary N) is 2. The van der Waals surface area contributed by atoms with E-state index in [4.69, 9.17) is 0 Å². The number of H-pyrrole nitrogens is 1. The number of hydrogen-bond donors (Lipinski definition) is 2. The van der Waals surface area contributed by atoms with Crippen LogP contribution < -0.4 is 10.2 Å². The average Bonchev–Trinajstić information content (AvgIpc) is 2.90. The highest BCUT2D eigenvalue weighted by atomic mass is 15.3. The Morgan fingerprint density at radius 3 is 2.82 bits per heavy atom. The van der Waals surface area contributed by atoms with E-state index in [1.807, 2.05) is 43.3 Å². The number of benzene rings is 1. The molecule has 0 atom stereocenters. The van der Waals surface area contributed by atoms with Crippen molar-refractivity contribution in [1.82, 2.24) is 20.2 Å². The van der Waals surface area contributed by atoms with Gasteiger partial charge in [0.2, 0.25) is 5.95 Å². The minimum absolute atomic E-state index is 0.608. The van der Waals surface area contributed by atoms with Crippen molar-refractivity contribution >= 4 is 22.8 Å². The minimum Gasteiger partial charge on any atom is -0.355 e. The van der Waals surface area contributed by atoms with Crippen molar-refractivity contribution in [3.63, 3.8) is 0 Å². The number of hydrogen-bond acceptors (Lipinski definition) is 5. The van der Waals surface area contributed by atoms with Crippen molar-refractivity contribution in [3.05, 3.63) is 42.1 Å². The van der Waals surface area contributed by atoms with Gasteiger partial charge in [-0.3, -0.25) is 0 Å². The Labute approximate surface area is 128 Å². The molecular weight excluding hydrogens is 276 g/mol. The Bertz CT molecular complexity index is 740. The summed E-state index contributed by atoms with van der Waals surface area (Å²) in [6, 6.07) is 12.1. The van der Waals surface area contributed by atoms with Crippen LogP contribution in [-0.2, 0) is 0 Å². The standard InChI is InChI=1S/C16H18N6/c1-11-6-7-15(21-20-11)22-9-12(10-22)8-17-16-18-13-4-2-3-5-14(13)19-16/h2-7,12H,8-10H2,1H3,(H2,17,18,19). The van der Waals surface area contributed by atoms with E-state index in [2.05, 4.69) is 30.4 Å². The second-order valence-electron chi connectivity index (χ2n) is 5.79. The fraction of sp³-hybridized carbons (Fsp3) is 0.312. The van der Waals surface area contributed by atoms with Crippen molar-refractivity contribution in [3.8, 4) is 0 Å². The quantitative estimate of drug-likeness (QED) is 0.772. The number of aromatic nitrogens is 4. The molecule has 6 nitrogen and oxygen atoms in total. The zero-order chi connectivity index (χ0) is 14.9. The summed E-state index contributed by atoms with van der Waals surface area (Å²) in [6.45, 7) is 4.87. The van der Waals surface area contributed by atoms with Crippen LogP contribution in [0.25, 0.3) is 11.0 Å². The summed E-state index contributed by atoms with van der Waals surface area (Å²) < 4.78 is 0. The molecular formula is C16H18N6. The first-order chi connectivity index (χ1) is 10.8. The number of aryl methyl sites for hydroxylation is 1. The van der Waals surface area contributed by atoms with Gasteiger partial charge in [0.1, 0.15) is 0 Å². The van der Waals surface area contributed by atoms with Gasteiger partial charge in [-0.05, 0) is 31.2 Å². The van der Waals surface area contributed by atoms with Crippen LogP contribution in [-0.4, -0.2) is 39.8 Å². The van der Waals surface area contributed by atoms with Gasteiger partial charge in [-0.25, -0.2) is 4.98 Å². The van der Waals surface area contributed by atoms with E-state index in [0.29, 0.717) is 5.92 Å². The van der Waals surface area contributed by atoms with Gasteiger partial charge in [-0.2, -0.15) is 5.10 Å². The first-order valence-corrected chi connectivity index (χ1v) is 7.52. The highest BCUT2D eigenvalue weighted by Gasteiger charge is 2.27. The van der Waals surface area contributed by atoms with E-state index in [1.54, 1.807) is 0 Å². The van der Waals surface area contributed by atoms with Crippen molar-refractivity contribution in [1.29, 1.82) is 0 Å². The predicted molar refractivity (Wildman–Crippen MR) is 87.1 cm³/mol. The van der Waals surface area contributed by atoms with Gasteiger partial charge >= 0.3 is 0 Å². The fourth-order valence-corrected chi connectivity index (χ4v) is 2.72. The van der Waals surface area contributed by atoms with E-state index in [9.17, 15) is 0 Å². The van der Waals surface area contributed by atoms with E-state index in [0.717, 1.165) is 48.1 Å². The van der Waals surface area contributed by atoms with Gasteiger partial charge in [0, 0.05) is 25.6 Å². The second kappa shape index (κ2) is 5.29. The van der Waals surface area contributed by atoms with Crippen LogP contribution in [0.1, 0.15) is 5.69 Å². The van der Waals surface area contributed by atoms with E-state index in [1.165, 1.54) is 0 Å². The molecule has 4 rings (SSSR count). The largest absolute Gasteiger partial charge is 0.355 e. The maximum absolute atomic E-state index is 4.53. The maximum Gasteiger partial charge on any atom is 0.201 e. The average molecular weight is 294 g/mol. The van der Waals surface area contributed by atoms with Gasteiger partial charge in [-0.1, -0.05) is 12.1 Å². The van der Waals surface area contributed by atoms with Gasteiger partial charge in [0.15, 0.2) is 5.82 Å². The van der Waals surface area contributed by atoms with Crippen molar-refractivity contribution in [2.75, 3.05) is 29.9 Å². The highest BCUT2D eigenvalue weighted by Crippen LogP contribution is 2.22. The topological polar surface area (TPSA) is 69.7 Å². The number of imidazole rings is 1. The zero-order valence-corrected chi connectivity index (χ0v) is 12.5. The SMILES string of the molecule is Cc1ccc(N2CC(CNc3nc4ccccc4[nH]3)C2)nn1. The number of anilines is 2. The summed E-state index contributed by atoms with van der Waals surface area (Å²) in [4.78, 5) is 10.1. The van der Waals surface area contributed by atoms with Crippen LogP contribution in [0.2, 0.25) is 0 Å². The van der Waals surface area contributed by atoms with Crippen molar-refractivity contribution in [2.45, 2.75) is 6.92 Å². The third-order valence-electron chi connectivity index (χ3n) is 4.01. The fourth-order valence-electron chi connectivity index (χ4n) is 2.72. The summed E-state index contributed by atoms with van der Waals surface area (Å²) in [5.41, 5.74) is 3.01. The lowest BCUT2D eigenvalue weighted by Crippen LogP contribution is -2.50. The maximum atomic E-state index is 4.53. The summed E-state index contributed by atoms with van der Waals surface area (Å²) in [5, 5.41) is 11.7. The Morgan fingerprint density at radius 2 is 2.05 bits per heavy atom. The zero-order valence-electron chi connectivity index (χ0n) is 12.5. The third kappa shape index (κ3) is 2.47. The molecule has 0 unspecified atom stereocenters. The molecule has 1 aliphatic rings. The Balaban J connectivity index is 1.31. The van der Waals surface area contributed by atoms with Crippen LogP contribution in [0.5, 0.6) is 0 Å². The number of rotatable bonds is 4. The molecule has 0 spiro atoms. The Kier molecular flexibility index (Phi) is 3.14. The van der Waals surface area contributed by atoms with Crippen LogP contribution in [0.15, 0.2) is 36.4 Å². The molecule has 3 aromatic rings. The molecule has 112 valence electrons. The monoisotopic (exact) mass is 294 g/mol. The Morgan fingerprint density at radius 1 is 1.18 bits per heavy atom. The van der Waals surface area contributed by atoms with Gasteiger partial charge in [0.05, 0.1) is 16.7 Å². The molecule has 1 fully saturated rings. The van der Waals surface area contributed by atoms with Crippen LogP contribution in [0.3, 0.4) is 0 Å². The highest BCUT2D eigenvalue weighted by molar-refractivity contribution is 5.77. The molecule has 0 aliphatic carbocycles. The molecule has 0 saturated carbocycles. The molecule has 3 heterocycles. The lowest BCUT2D eigenvalue weighted by molar-refractivity contribution is 0.425. The molecule has 2 aromatic heterocycles. The van der Waals surface area contributed by atoms with Gasteiger partial charge in [-0.15, -0.1) is 5.10 Å².